The number of hydrogen-bond acceptors (Lipinski definition) is 5. The van der Waals surface area contributed by atoms with Crippen LogP contribution in [-0.2, 0) is 9.63 Å². The number of nitrogens with one attached hydrogen (secondary N) is 1. The molecule has 1 atom stereocenters. The summed E-state index contributed by atoms with van der Waals surface area (Å²) in [6.45, 7) is 5.75. The Morgan fingerprint density at radius 2 is 1.71 bits per heavy atom. The number of benzene rings is 2. The molecule has 0 fully saturated rings. The lowest BCUT2D eigenvalue weighted by atomic mass is 10.0. The Balaban J connectivity index is 1.58. The van der Waals surface area contributed by atoms with E-state index in [-0.39, 0.29) is 17.7 Å². The Morgan fingerprint density at radius 1 is 1.00 bits per heavy atom. The Kier molecular flexibility index (Phi) is 7.22. The van der Waals surface area contributed by atoms with E-state index in [2.05, 4.69) is 29.3 Å². The van der Waals surface area contributed by atoms with Crippen LogP contribution in [0, 0.1) is 0 Å². The van der Waals surface area contributed by atoms with E-state index >= 15 is 0 Å². The summed E-state index contributed by atoms with van der Waals surface area (Å²) in [6.07, 6.45) is 0.705. The molecule has 3 aromatic rings. The first-order chi connectivity index (χ1) is 14.9. The number of nitrogens with two attached hydrogens (primary N) is 1. The van der Waals surface area contributed by atoms with Gasteiger partial charge in [-0.2, -0.15) is 0 Å². The van der Waals surface area contributed by atoms with Crippen LogP contribution in [0.25, 0.3) is 0 Å². The monoisotopic (exact) mass is 418 g/mol. The van der Waals surface area contributed by atoms with Gasteiger partial charge >= 0.3 is 0 Å². The molecular formula is C24H26N4O3. The molecule has 0 saturated carbocycles. The van der Waals surface area contributed by atoms with Gasteiger partial charge in [-0.3, -0.25) is 4.79 Å². The first kappa shape index (κ1) is 21.8. The molecular weight excluding hydrogens is 392 g/mol. The Labute approximate surface area is 181 Å². The second kappa shape index (κ2) is 10.2. The van der Waals surface area contributed by atoms with Gasteiger partial charge in [-0.15, -0.1) is 0 Å². The molecule has 1 unspecified atom stereocenters. The summed E-state index contributed by atoms with van der Waals surface area (Å²) in [5.74, 6) is 1.20. The number of nitrogens with zero attached hydrogens (tertiary/aromatic N) is 2. The number of pyridine rings is 1. The zero-order valence-electron chi connectivity index (χ0n) is 17.8. The van der Waals surface area contributed by atoms with Crippen LogP contribution < -0.4 is 15.8 Å². The summed E-state index contributed by atoms with van der Waals surface area (Å²) >= 11 is 0. The summed E-state index contributed by atoms with van der Waals surface area (Å²) in [7, 11) is 0. The van der Waals surface area contributed by atoms with Crippen LogP contribution in [0.3, 0.4) is 0 Å². The smallest absolute Gasteiger partial charge is 0.267 e. The van der Waals surface area contributed by atoms with Crippen LogP contribution in [0.5, 0.6) is 11.6 Å². The van der Waals surface area contributed by atoms with Gasteiger partial charge in [0.1, 0.15) is 5.75 Å². The quantitative estimate of drug-likeness (QED) is 0.315. The van der Waals surface area contributed by atoms with Gasteiger partial charge in [0.15, 0.2) is 5.84 Å². The topological polar surface area (TPSA) is 98.8 Å². The maximum atomic E-state index is 12.5. The van der Waals surface area contributed by atoms with E-state index in [0.717, 1.165) is 11.3 Å². The molecule has 31 heavy (non-hydrogen) atoms. The van der Waals surface area contributed by atoms with Crippen LogP contribution in [-0.4, -0.2) is 22.8 Å². The molecule has 7 nitrogen and oxygen atoms in total. The van der Waals surface area contributed by atoms with Gasteiger partial charge in [0, 0.05) is 23.5 Å². The van der Waals surface area contributed by atoms with Crippen LogP contribution in [0.2, 0.25) is 0 Å². The number of hydrogen-bond donors (Lipinski definition) is 2. The average Bonchev–Trinajstić information content (AvgIpc) is 2.78. The van der Waals surface area contributed by atoms with E-state index in [0.29, 0.717) is 17.2 Å². The second-order valence-corrected chi connectivity index (χ2v) is 7.26. The Hall–Kier alpha value is -3.87. The number of amides is 1. The molecule has 0 spiro atoms. The summed E-state index contributed by atoms with van der Waals surface area (Å²) in [5, 5.41) is 6.76. The SMILES string of the molecule is CC(O/N=C(/N)c1ccc(Oc2ccccc2)nc1)C(=O)Nc1ccccc1C(C)C. The molecule has 0 aliphatic rings. The number of oxime groups is 1. The first-order valence-electron chi connectivity index (χ1n) is 10.0. The number of para-hydroxylation sites is 2. The van der Waals surface area contributed by atoms with Gasteiger partial charge < -0.3 is 20.6 Å². The molecule has 3 N–H and O–H groups in total. The van der Waals surface area contributed by atoms with E-state index in [1.54, 1.807) is 19.1 Å². The van der Waals surface area contributed by atoms with Gasteiger partial charge in [0.25, 0.3) is 5.91 Å². The predicted molar refractivity (Wildman–Crippen MR) is 121 cm³/mol. The molecule has 0 aliphatic heterocycles. The predicted octanol–water partition coefficient (Wildman–Crippen LogP) is 4.66. The number of ether oxygens (including phenoxy) is 1. The molecule has 1 heterocycles. The highest BCUT2D eigenvalue weighted by atomic mass is 16.6. The van der Waals surface area contributed by atoms with Crippen LogP contribution in [0.15, 0.2) is 78.1 Å². The van der Waals surface area contributed by atoms with Crippen molar-refractivity contribution < 1.29 is 14.4 Å². The minimum atomic E-state index is -0.826. The standard InChI is InChI=1S/C24H26N4O3/c1-16(2)20-11-7-8-12-21(20)27-24(29)17(3)31-28-23(25)18-13-14-22(26-15-18)30-19-9-5-4-6-10-19/h4-17H,1-3H3,(H2,25,28)(H,27,29). The fourth-order valence-electron chi connectivity index (χ4n) is 2.79. The second-order valence-electron chi connectivity index (χ2n) is 7.26. The molecule has 0 saturated heterocycles. The zero-order valence-corrected chi connectivity index (χ0v) is 17.8. The third-order valence-electron chi connectivity index (χ3n) is 4.52. The molecule has 2 aromatic carbocycles. The number of amidine groups is 1. The highest BCUT2D eigenvalue weighted by Crippen LogP contribution is 2.24. The van der Waals surface area contributed by atoms with Crippen LogP contribution in [0.1, 0.15) is 37.8 Å². The Bertz CT molecular complexity index is 1030. The van der Waals surface area contributed by atoms with Crippen molar-refractivity contribution in [2.75, 3.05) is 5.32 Å². The molecule has 160 valence electrons. The molecule has 1 aromatic heterocycles. The lowest BCUT2D eigenvalue weighted by Gasteiger charge is -2.16. The van der Waals surface area contributed by atoms with Crippen molar-refractivity contribution in [1.29, 1.82) is 0 Å². The van der Waals surface area contributed by atoms with E-state index in [1.165, 1.54) is 6.20 Å². The minimum Gasteiger partial charge on any atom is -0.439 e. The number of rotatable bonds is 8. The number of aromatic nitrogens is 1. The molecule has 0 aliphatic carbocycles. The van der Waals surface area contributed by atoms with Gasteiger partial charge in [-0.1, -0.05) is 55.4 Å². The average molecular weight is 418 g/mol. The minimum absolute atomic E-state index is 0.112. The fraction of sp³-hybridized carbons (Fsp3) is 0.208. The van der Waals surface area contributed by atoms with Crippen molar-refractivity contribution >= 4 is 17.4 Å². The largest absolute Gasteiger partial charge is 0.439 e. The summed E-state index contributed by atoms with van der Waals surface area (Å²) in [5.41, 5.74) is 8.34. The van der Waals surface area contributed by atoms with Crippen molar-refractivity contribution in [2.45, 2.75) is 32.8 Å². The summed E-state index contributed by atoms with van der Waals surface area (Å²) in [6, 6.07) is 20.4. The van der Waals surface area contributed by atoms with Crippen molar-refractivity contribution in [3.8, 4) is 11.6 Å². The molecule has 0 bridgehead atoms. The third-order valence-corrected chi connectivity index (χ3v) is 4.52. The Morgan fingerprint density at radius 3 is 2.39 bits per heavy atom. The lowest BCUT2D eigenvalue weighted by molar-refractivity contribution is -0.126. The first-order valence-corrected chi connectivity index (χ1v) is 10.0. The van der Waals surface area contributed by atoms with Gasteiger partial charge in [-0.05, 0) is 42.7 Å². The number of carbonyl (C=O) groups is 1. The van der Waals surface area contributed by atoms with Gasteiger partial charge in [0.05, 0.1) is 0 Å². The van der Waals surface area contributed by atoms with Crippen molar-refractivity contribution in [3.05, 3.63) is 84.1 Å². The summed E-state index contributed by atoms with van der Waals surface area (Å²) in [4.78, 5) is 22.0. The van der Waals surface area contributed by atoms with Gasteiger partial charge in [-0.25, -0.2) is 4.98 Å². The van der Waals surface area contributed by atoms with Crippen molar-refractivity contribution in [3.63, 3.8) is 0 Å². The highest BCUT2D eigenvalue weighted by Gasteiger charge is 2.17. The maximum Gasteiger partial charge on any atom is 0.267 e. The molecule has 3 rings (SSSR count). The van der Waals surface area contributed by atoms with E-state index in [1.807, 2.05) is 54.6 Å². The zero-order chi connectivity index (χ0) is 22.2. The van der Waals surface area contributed by atoms with E-state index < -0.39 is 6.10 Å². The fourth-order valence-corrected chi connectivity index (χ4v) is 2.79. The number of carbonyl (C=O) groups excluding carboxylic acids is 1. The number of anilines is 1. The van der Waals surface area contributed by atoms with Crippen molar-refractivity contribution in [2.24, 2.45) is 10.9 Å². The summed E-state index contributed by atoms with van der Waals surface area (Å²) < 4.78 is 5.65. The normalized spacial score (nSPS) is 12.3. The maximum absolute atomic E-state index is 12.5. The molecule has 0 radical (unpaired) electrons. The highest BCUT2D eigenvalue weighted by molar-refractivity contribution is 5.97. The third kappa shape index (κ3) is 6.05. The van der Waals surface area contributed by atoms with E-state index in [9.17, 15) is 4.79 Å². The van der Waals surface area contributed by atoms with Crippen LogP contribution in [0.4, 0.5) is 5.69 Å². The molecule has 7 heteroatoms. The van der Waals surface area contributed by atoms with Crippen molar-refractivity contribution in [1.82, 2.24) is 4.98 Å². The van der Waals surface area contributed by atoms with E-state index in [4.69, 9.17) is 15.3 Å². The lowest BCUT2D eigenvalue weighted by Crippen LogP contribution is -2.28. The molecule has 1 amide bonds. The van der Waals surface area contributed by atoms with Gasteiger partial charge in [0.2, 0.25) is 12.0 Å². The van der Waals surface area contributed by atoms with Crippen LogP contribution >= 0.6 is 0 Å².